The van der Waals surface area contributed by atoms with E-state index in [1.165, 1.54) is 23.3 Å². The molecule has 0 saturated heterocycles. The number of sulfonamides is 1. The summed E-state index contributed by atoms with van der Waals surface area (Å²) in [5.41, 5.74) is 9.20. The van der Waals surface area contributed by atoms with Crippen LogP contribution in [0.5, 0.6) is 0 Å². The summed E-state index contributed by atoms with van der Waals surface area (Å²) in [6, 6.07) is 23.1. The fourth-order valence-electron chi connectivity index (χ4n) is 4.19. The van der Waals surface area contributed by atoms with Crippen LogP contribution >= 0.6 is 15.9 Å². The van der Waals surface area contributed by atoms with E-state index in [1.807, 2.05) is 19.9 Å². The molecule has 1 amide bonds. The molecule has 1 aromatic heterocycles. The van der Waals surface area contributed by atoms with E-state index in [0.29, 0.717) is 10.2 Å². The number of rotatable bonds is 8. The van der Waals surface area contributed by atoms with Gasteiger partial charge in [-0.15, -0.1) is 0 Å². The standard InChI is InChI=1S/C29H29BrN4O3S/c1-20-13-14-27(15-21(20)2)34-22(3)16-24(23(34)4)18-31-32-29(35)19-33(26-10-8-9-25(30)17-26)38(36,37)28-11-6-5-7-12-28/h5-18H,19H2,1-4H3,(H,32,35)/b31-18-. The molecule has 0 saturated carbocycles. The monoisotopic (exact) mass is 592 g/mol. The zero-order valence-electron chi connectivity index (χ0n) is 21.6. The van der Waals surface area contributed by atoms with Gasteiger partial charge < -0.3 is 4.57 Å². The molecule has 0 aliphatic carbocycles. The first-order chi connectivity index (χ1) is 18.1. The number of halogens is 1. The Hall–Kier alpha value is -3.69. The predicted octanol–water partition coefficient (Wildman–Crippen LogP) is 5.82. The number of anilines is 1. The molecule has 1 heterocycles. The Labute approximate surface area is 232 Å². The average Bonchev–Trinajstić information content (AvgIpc) is 3.17. The quantitative estimate of drug-likeness (QED) is 0.207. The maximum absolute atomic E-state index is 13.4. The lowest BCUT2D eigenvalue weighted by atomic mass is 10.1. The fourth-order valence-corrected chi connectivity index (χ4v) is 6.01. The van der Waals surface area contributed by atoms with E-state index in [0.717, 1.165) is 26.9 Å². The Morgan fingerprint density at radius 3 is 2.37 bits per heavy atom. The van der Waals surface area contributed by atoms with Crippen molar-refractivity contribution in [3.63, 3.8) is 0 Å². The SMILES string of the molecule is Cc1ccc(-n2c(C)cc(/C=N\NC(=O)CN(c3cccc(Br)c3)S(=O)(=O)c3ccccc3)c2C)cc1C. The minimum absolute atomic E-state index is 0.0926. The van der Waals surface area contributed by atoms with E-state index in [9.17, 15) is 13.2 Å². The number of hydrazone groups is 1. The zero-order valence-corrected chi connectivity index (χ0v) is 24.0. The van der Waals surface area contributed by atoms with Crippen molar-refractivity contribution in [2.24, 2.45) is 5.10 Å². The second-order valence-electron chi connectivity index (χ2n) is 9.03. The van der Waals surface area contributed by atoms with Crippen LogP contribution < -0.4 is 9.73 Å². The number of benzene rings is 3. The maximum atomic E-state index is 13.4. The molecule has 0 aliphatic heterocycles. The van der Waals surface area contributed by atoms with Gasteiger partial charge in [0, 0.05) is 27.1 Å². The number of aryl methyl sites for hydroxylation is 3. The third-order valence-electron chi connectivity index (χ3n) is 6.33. The topological polar surface area (TPSA) is 83.8 Å². The van der Waals surface area contributed by atoms with Crippen LogP contribution in [0.4, 0.5) is 5.69 Å². The second-order valence-corrected chi connectivity index (χ2v) is 11.8. The maximum Gasteiger partial charge on any atom is 0.264 e. The van der Waals surface area contributed by atoms with Crippen LogP contribution in [-0.4, -0.2) is 31.7 Å². The highest BCUT2D eigenvalue weighted by atomic mass is 79.9. The van der Waals surface area contributed by atoms with Gasteiger partial charge in [-0.3, -0.25) is 9.10 Å². The summed E-state index contributed by atoms with van der Waals surface area (Å²) in [7, 11) is -3.99. The van der Waals surface area contributed by atoms with Crippen LogP contribution in [0, 0.1) is 27.7 Å². The lowest BCUT2D eigenvalue weighted by Gasteiger charge is -2.23. The van der Waals surface area contributed by atoms with Crippen LogP contribution in [-0.2, 0) is 14.8 Å². The van der Waals surface area contributed by atoms with Crippen molar-refractivity contribution >= 4 is 43.8 Å². The second kappa shape index (κ2) is 11.4. The molecule has 1 N–H and O–H groups in total. The van der Waals surface area contributed by atoms with Gasteiger partial charge in [-0.05, 0) is 87.4 Å². The lowest BCUT2D eigenvalue weighted by molar-refractivity contribution is -0.119. The first kappa shape index (κ1) is 27.3. The minimum atomic E-state index is -3.99. The summed E-state index contributed by atoms with van der Waals surface area (Å²) in [5, 5.41) is 4.13. The molecule has 196 valence electrons. The molecule has 0 aliphatic rings. The van der Waals surface area contributed by atoms with Gasteiger partial charge in [0.2, 0.25) is 0 Å². The number of nitrogens with one attached hydrogen (secondary N) is 1. The van der Waals surface area contributed by atoms with Gasteiger partial charge >= 0.3 is 0 Å². The van der Waals surface area contributed by atoms with Crippen LogP contribution in [0.25, 0.3) is 5.69 Å². The van der Waals surface area contributed by atoms with Crippen LogP contribution in [0.3, 0.4) is 0 Å². The molecule has 0 atom stereocenters. The molecule has 0 fully saturated rings. The van der Waals surface area contributed by atoms with Crippen molar-refractivity contribution in [1.29, 1.82) is 0 Å². The van der Waals surface area contributed by atoms with Crippen LogP contribution in [0.1, 0.15) is 28.1 Å². The Morgan fingerprint density at radius 1 is 0.947 bits per heavy atom. The van der Waals surface area contributed by atoms with Gasteiger partial charge in [-0.1, -0.05) is 46.3 Å². The van der Waals surface area contributed by atoms with Crippen molar-refractivity contribution in [3.8, 4) is 5.69 Å². The van der Waals surface area contributed by atoms with E-state index >= 15 is 0 Å². The molecule has 7 nitrogen and oxygen atoms in total. The summed E-state index contributed by atoms with van der Waals surface area (Å²) in [6.45, 7) is 7.74. The molecule has 4 aromatic rings. The molecule has 9 heteroatoms. The van der Waals surface area contributed by atoms with Crippen molar-refractivity contribution < 1.29 is 13.2 Å². The van der Waals surface area contributed by atoms with Gasteiger partial charge in [-0.25, -0.2) is 13.8 Å². The van der Waals surface area contributed by atoms with Crippen molar-refractivity contribution in [2.45, 2.75) is 32.6 Å². The molecule has 0 spiro atoms. The zero-order chi connectivity index (χ0) is 27.4. The highest BCUT2D eigenvalue weighted by molar-refractivity contribution is 9.10. The lowest BCUT2D eigenvalue weighted by Crippen LogP contribution is -2.39. The Bertz CT molecular complexity index is 1610. The van der Waals surface area contributed by atoms with Gasteiger partial charge in [0.15, 0.2) is 0 Å². The smallest absolute Gasteiger partial charge is 0.264 e. The Morgan fingerprint density at radius 2 is 1.68 bits per heavy atom. The van der Waals surface area contributed by atoms with E-state index in [-0.39, 0.29) is 4.90 Å². The number of hydrogen-bond acceptors (Lipinski definition) is 4. The number of hydrogen-bond donors (Lipinski definition) is 1. The van der Waals surface area contributed by atoms with Crippen molar-refractivity contribution in [2.75, 3.05) is 10.8 Å². The summed E-state index contributed by atoms with van der Waals surface area (Å²) in [4.78, 5) is 13.0. The fraction of sp³-hybridized carbons (Fsp3) is 0.172. The number of carbonyl (C=O) groups excluding carboxylic acids is 1. The molecule has 38 heavy (non-hydrogen) atoms. The Balaban J connectivity index is 1.55. The van der Waals surface area contributed by atoms with E-state index in [2.05, 4.69) is 63.1 Å². The molecule has 0 unspecified atom stereocenters. The number of aromatic nitrogens is 1. The van der Waals surface area contributed by atoms with Gasteiger partial charge in [0.1, 0.15) is 6.54 Å². The normalized spacial score (nSPS) is 11.6. The Kier molecular flexibility index (Phi) is 8.18. The molecule has 4 rings (SSSR count). The molecule has 3 aromatic carbocycles. The third-order valence-corrected chi connectivity index (χ3v) is 8.61. The number of carbonyl (C=O) groups is 1. The van der Waals surface area contributed by atoms with Crippen molar-refractivity contribution in [3.05, 3.63) is 111 Å². The van der Waals surface area contributed by atoms with Gasteiger partial charge in [0.25, 0.3) is 15.9 Å². The van der Waals surface area contributed by atoms with Crippen LogP contribution in [0.2, 0.25) is 0 Å². The van der Waals surface area contributed by atoms with E-state index in [1.54, 1.807) is 48.7 Å². The molecular weight excluding hydrogens is 564 g/mol. The number of amides is 1. The van der Waals surface area contributed by atoms with E-state index < -0.39 is 22.5 Å². The highest BCUT2D eigenvalue weighted by Gasteiger charge is 2.27. The minimum Gasteiger partial charge on any atom is -0.318 e. The molecule has 0 radical (unpaired) electrons. The number of nitrogens with zero attached hydrogens (tertiary/aromatic N) is 3. The molecule has 0 bridgehead atoms. The molecular formula is C29H29BrN4O3S. The summed E-state index contributed by atoms with van der Waals surface area (Å²) < 4.78 is 30.8. The van der Waals surface area contributed by atoms with E-state index in [4.69, 9.17) is 0 Å². The summed E-state index contributed by atoms with van der Waals surface area (Å²) >= 11 is 3.38. The summed E-state index contributed by atoms with van der Waals surface area (Å²) in [6.07, 6.45) is 1.58. The average molecular weight is 594 g/mol. The largest absolute Gasteiger partial charge is 0.318 e. The first-order valence-corrected chi connectivity index (χ1v) is 14.2. The third kappa shape index (κ3) is 5.89. The summed E-state index contributed by atoms with van der Waals surface area (Å²) in [5.74, 6) is -0.566. The van der Waals surface area contributed by atoms with Gasteiger partial charge in [-0.2, -0.15) is 5.10 Å². The van der Waals surface area contributed by atoms with Crippen molar-refractivity contribution in [1.82, 2.24) is 9.99 Å². The van der Waals surface area contributed by atoms with Gasteiger partial charge in [0.05, 0.1) is 16.8 Å². The van der Waals surface area contributed by atoms with Crippen LogP contribution in [0.15, 0.2) is 93.3 Å². The first-order valence-electron chi connectivity index (χ1n) is 12.0. The highest BCUT2D eigenvalue weighted by Crippen LogP contribution is 2.26. The predicted molar refractivity (Wildman–Crippen MR) is 156 cm³/mol.